The van der Waals surface area contributed by atoms with Gasteiger partial charge in [-0.1, -0.05) is 32.0 Å². The van der Waals surface area contributed by atoms with Crippen molar-refractivity contribution in [2.24, 2.45) is 5.92 Å². The van der Waals surface area contributed by atoms with E-state index in [0.29, 0.717) is 18.0 Å². The Morgan fingerprint density at radius 3 is 2.57 bits per heavy atom. The van der Waals surface area contributed by atoms with Crippen molar-refractivity contribution >= 4 is 33.4 Å². The van der Waals surface area contributed by atoms with Crippen LogP contribution in [0.25, 0.3) is 15.9 Å². The summed E-state index contributed by atoms with van der Waals surface area (Å²) in [4.78, 5) is 25.9. The molecular formula is C21H24N4O2S. The fourth-order valence-electron chi connectivity index (χ4n) is 3.15. The molecule has 0 saturated heterocycles. The van der Waals surface area contributed by atoms with Crippen LogP contribution in [0, 0.1) is 5.92 Å². The molecule has 1 aromatic carbocycles. The third kappa shape index (κ3) is 3.80. The summed E-state index contributed by atoms with van der Waals surface area (Å²) in [5.74, 6) is 0.432. The van der Waals surface area contributed by atoms with Gasteiger partial charge in [0.25, 0.3) is 5.91 Å². The summed E-state index contributed by atoms with van der Waals surface area (Å²) in [5, 5.41) is 11.6. The van der Waals surface area contributed by atoms with Crippen LogP contribution in [-0.2, 0) is 4.79 Å². The Labute approximate surface area is 167 Å². The number of thiophene rings is 1. The Hall–Kier alpha value is -2.67. The molecule has 2 amide bonds. The van der Waals surface area contributed by atoms with E-state index in [1.807, 2.05) is 41.1 Å². The molecule has 2 aromatic heterocycles. The smallest absolute Gasteiger partial charge is 0.261 e. The lowest BCUT2D eigenvalue weighted by molar-refractivity contribution is -0.122. The summed E-state index contributed by atoms with van der Waals surface area (Å²) in [6.45, 7) is 5.10. The monoisotopic (exact) mass is 396 g/mol. The molecule has 1 saturated carbocycles. The third-order valence-electron chi connectivity index (χ3n) is 4.82. The molecule has 0 spiro atoms. The molecule has 1 fully saturated rings. The zero-order valence-electron chi connectivity index (χ0n) is 16.1. The number of carbonyl (C=O) groups excluding carboxylic acids is 2. The minimum atomic E-state index is -0.115. The Morgan fingerprint density at radius 2 is 1.89 bits per heavy atom. The zero-order valence-corrected chi connectivity index (χ0v) is 16.9. The van der Waals surface area contributed by atoms with E-state index < -0.39 is 0 Å². The summed E-state index contributed by atoms with van der Waals surface area (Å²) >= 11 is 1.45. The number of hydrogen-bond donors (Lipinski definition) is 2. The van der Waals surface area contributed by atoms with Crippen LogP contribution in [-0.4, -0.2) is 34.7 Å². The molecule has 4 rings (SSSR count). The van der Waals surface area contributed by atoms with Gasteiger partial charge in [0.15, 0.2) is 0 Å². The number of amides is 2. The highest BCUT2D eigenvalue weighted by Gasteiger charge is 2.29. The molecule has 6 nitrogen and oxygen atoms in total. The second-order valence-electron chi connectivity index (χ2n) is 7.44. The Kier molecular flexibility index (Phi) is 5.17. The number of benzene rings is 1. The Bertz CT molecular complexity index is 1000. The number of nitrogens with zero attached hydrogens (tertiary/aromatic N) is 2. The first-order chi connectivity index (χ1) is 13.5. The number of carbonyl (C=O) groups is 2. The number of fused-ring (bicyclic) bond motifs is 1. The van der Waals surface area contributed by atoms with Gasteiger partial charge in [0.1, 0.15) is 4.83 Å². The van der Waals surface area contributed by atoms with E-state index in [4.69, 9.17) is 5.10 Å². The lowest BCUT2D eigenvalue weighted by Gasteiger charge is -2.06. The average Bonchev–Trinajstić information content (AvgIpc) is 3.35. The predicted molar refractivity (Wildman–Crippen MR) is 111 cm³/mol. The first-order valence-corrected chi connectivity index (χ1v) is 10.5. The van der Waals surface area contributed by atoms with E-state index in [-0.39, 0.29) is 23.7 Å². The van der Waals surface area contributed by atoms with Crippen molar-refractivity contribution in [3.63, 3.8) is 0 Å². The molecule has 1 aliphatic rings. The van der Waals surface area contributed by atoms with E-state index >= 15 is 0 Å². The summed E-state index contributed by atoms with van der Waals surface area (Å²) in [6.07, 6.45) is 1.97. The second-order valence-corrected chi connectivity index (χ2v) is 8.47. The minimum Gasteiger partial charge on any atom is -0.354 e. The molecule has 146 valence electrons. The summed E-state index contributed by atoms with van der Waals surface area (Å²) in [6, 6.07) is 11.9. The first kappa shape index (κ1) is 18.7. The molecule has 0 radical (unpaired) electrons. The number of nitrogens with one attached hydrogen (secondary N) is 2. The molecule has 2 N–H and O–H groups in total. The third-order valence-corrected chi connectivity index (χ3v) is 5.93. The van der Waals surface area contributed by atoms with Crippen molar-refractivity contribution in [2.75, 3.05) is 13.1 Å². The molecule has 2 heterocycles. The molecular weight excluding hydrogens is 372 g/mol. The summed E-state index contributed by atoms with van der Waals surface area (Å²) in [7, 11) is 0. The molecule has 0 aliphatic heterocycles. The van der Waals surface area contributed by atoms with Crippen LogP contribution in [0.1, 0.15) is 48.0 Å². The van der Waals surface area contributed by atoms with Gasteiger partial charge in [0.05, 0.1) is 16.3 Å². The molecule has 0 unspecified atom stereocenters. The van der Waals surface area contributed by atoms with Crippen molar-refractivity contribution in [3.05, 3.63) is 47.0 Å². The molecule has 0 bridgehead atoms. The van der Waals surface area contributed by atoms with E-state index in [2.05, 4.69) is 24.5 Å². The lowest BCUT2D eigenvalue weighted by Crippen LogP contribution is -2.35. The summed E-state index contributed by atoms with van der Waals surface area (Å²) in [5.41, 5.74) is 1.97. The van der Waals surface area contributed by atoms with Crippen LogP contribution in [0.5, 0.6) is 0 Å². The highest BCUT2D eigenvalue weighted by atomic mass is 32.1. The topological polar surface area (TPSA) is 76.0 Å². The fraction of sp³-hybridized carbons (Fsp3) is 0.381. The van der Waals surface area contributed by atoms with Crippen molar-refractivity contribution in [2.45, 2.75) is 32.6 Å². The van der Waals surface area contributed by atoms with E-state index in [0.717, 1.165) is 34.4 Å². The SMILES string of the molecule is CC(C)c1nn(-c2ccccc2)c2sc(C(=O)NCCNC(=O)C3CC3)cc12. The largest absolute Gasteiger partial charge is 0.354 e. The quantitative estimate of drug-likeness (QED) is 0.601. The lowest BCUT2D eigenvalue weighted by atomic mass is 10.1. The van der Waals surface area contributed by atoms with Crippen LogP contribution in [0.3, 0.4) is 0 Å². The molecule has 1 aliphatic carbocycles. The van der Waals surface area contributed by atoms with Crippen molar-refractivity contribution in [3.8, 4) is 5.69 Å². The fourth-order valence-corrected chi connectivity index (χ4v) is 4.21. The molecule has 28 heavy (non-hydrogen) atoms. The zero-order chi connectivity index (χ0) is 19.7. The highest BCUT2D eigenvalue weighted by Crippen LogP contribution is 2.33. The second kappa shape index (κ2) is 7.75. The van der Waals surface area contributed by atoms with E-state index in [1.165, 1.54) is 11.3 Å². The van der Waals surface area contributed by atoms with Crippen LogP contribution in [0.4, 0.5) is 0 Å². The van der Waals surface area contributed by atoms with E-state index in [9.17, 15) is 9.59 Å². The first-order valence-electron chi connectivity index (χ1n) is 9.68. The van der Waals surface area contributed by atoms with Gasteiger partial charge in [-0.3, -0.25) is 9.59 Å². The maximum Gasteiger partial charge on any atom is 0.261 e. The standard InChI is InChI=1S/C21H24N4O2S/c1-13(2)18-16-12-17(20(27)23-11-10-22-19(26)14-8-9-14)28-21(16)25(24-18)15-6-4-3-5-7-15/h3-7,12-14H,8-11H2,1-2H3,(H,22,26)(H,23,27). The normalized spacial score (nSPS) is 13.8. The summed E-state index contributed by atoms with van der Waals surface area (Å²) < 4.78 is 1.92. The Morgan fingerprint density at radius 1 is 1.18 bits per heavy atom. The van der Waals surface area contributed by atoms with Gasteiger partial charge in [-0.2, -0.15) is 5.10 Å². The number of hydrogen-bond acceptors (Lipinski definition) is 4. The number of para-hydroxylation sites is 1. The average molecular weight is 397 g/mol. The number of aromatic nitrogens is 2. The van der Waals surface area contributed by atoms with Crippen LogP contribution in [0.2, 0.25) is 0 Å². The van der Waals surface area contributed by atoms with Gasteiger partial charge in [-0.25, -0.2) is 4.68 Å². The highest BCUT2D eigenvalue weighted by molar-refractivity contribution is 7.20. The van der Waals surface area contributed by atoms with Crippen LogP contribution in [0.15, 0.2) is 36.4 Å². The Balaban J connectivity index is 1.51. The van der Waals surface area contributed by atoms with Crippen molar-refractivity contribution in [1.29, 1.82) is 0 Å². The van der Waals surface area contributed by atoms with Gasteiger partial charge < -0.3 is 10.6 Å². The predicted octanol–water partition coefficient (Wildman–Crippen LogP) is 3.47. The van der Waals surface area contributed by atoms with Gasteiger partial charge in [0.2, 0.25) is 5.91 Å². The van der Waals surface area contributed by atoms with Gasteiger partial charge in [-0.15, -0.1) is 11.3 Å². The number of rotatable bonds is 7. The van der Waals surface area contributed by atoms with Gasteiger partial charge in [-0.05, 0) is 37.0 Å². The van der Waals surface area contributed by atoms with Crippen LogP contribution >= 0.6 is 11.3 Å². The van der Waals surface area contributed by atoms with Crippen molar-refractivity contribution < 1.29 is 9.59 Å². The van der Waals surface area contributed by atoms with Crippen molar-refractivity contribution in [1.82, 2.24) is 20.4 Å². The van der Waals surface area contributed by atoms with Crippen LogP contribution < -0.4 is 10.6 Å². The maximum absolute atomic E-state index is 12.6. The molecule has 3 aromatic rings. The van der Waals surface area contributed by atoms with Gasteiger partial charge >= 0.3 is 0 Å². The molecule has 7 heteroatoms. The minimum absolute atomic E-state index is 0.0978. The maximum atomic E-state index is 12.6. The van der Waals surface area contributed by atoms with E-state index in [1.54, 1.807) is 0 Å². The van der Waals surface area contributed by atoms with Gasteiger partial charge in [0, 0.05) is 24.4 Å². The molecule has 0 atom stereocenters.